The van der Waals surface area contributed by atoms with E-state index in [1.54, 1.807) is 0 Å². The lowest BCUT2D eigenvalue weighted by Crippen LogP contribution is -2.40. The Hall–Kier alpha value is -2.58. The van der Waals surface area contributed by atoms with Gasteiger partial charge < -0.3 is 11.1 Å². The Morgan fingerprint density at radius 1 is 1.17 bits per heavy atom. The molecule has 0 saturated heterocycles. The zero-order valence-corrected chi connectivity index (χ0v) is 18.4. The number of carbonyl (C=O) groups is 2. The molecule has 0 aliphatic heterocycles. The molecule has 2 aromatic carbocycles. The lowest BCUT2D eigenvalue weighted by atomic mass is 9.76. The standard InChI is InChI=1S/C21H24ClN3O4S/c1-3-21(4-2,15-6-8-16(22)9-7-15)13-24-19(26)12-30-18-10-5-14(20(23)27)11-17(18)25(28)29/h5-11H,3-4,12-13H2,1-2H3,(H2,23,27)(H,24,26). The first-order valence-corrected chi connectivity index (χ1v) is 10.8. The second-order valence-electron chi connectivity index (χ2n) is 6.86. The van der Waals surface area contributed by atoms with Gasteiger partial charge in [0.05, 0.1) is 15.6 Å². The molecule has 0 radical (unpaired) electrons. The lowest BCUT2D eigenvalue weighted by molar-refractivity contribution is -0.387. The number of benzene rings is 2. The normalized spacial score (nSPS) is 11.2. The number of thioether (sulfide) groups is 1. The molecular weight excluding hydrogens is 426 g/mol. The molecule has 0 saturated carbocycles. The molecule has 0 bridgehead atoms. The van der Waals surface area contributed by atoms with E-state index >= 15 is 0 Å². The van der Waals surface area contributed by atoms with E-state index < -0.39 is 10.8 Å². The highest BCUT2D eigenvalue weighted by Crippen LogP contribution is 2.33. The molecule has 160 valence electrons. The number of hydrogen-bond acceptors (Lipinski definition) is 5. The minimum Gasteiger partial charge on any atom is -0.366 e. The highest BCUT2D eigenvalue weighted by atomic mass is 35.5. The number of rotatable bonds is 10. The summed E-state index contributed by atoms with van der Waals surface area (Å²) >= 11 is 7.04. The summed E-state index contributed by atoms with van der Waals surface area (Å²) in [6, 6.07) is 11.6. The number of primary amides is 1. The minimum absolute atomic E-state index is 0.0148. The summed E-state index contributed by atoms with van der Waals surface area (Å²) in [5, 5.41) is 14.9. The third-order valence-electron chi connectivity index (χ3n) is 5.23. The summed E-state index contributed by atoms with van der Waals surface area (Å²) in [5.74, 6) is -0.959. The fourth-order valence-corrected chi connectivity index (χ4v) is 4.17. The summed E-state index contributed by atoms with van der Waals surface area (Å²) in [5.41, 5.74) is 5.86. The predicted octanol–water partition coefficient (Wildman–Crippen LogP) is 4.31. The second-order valence-corrected chi connectivity index (χ2v) is 8.32. The van der Waals surface area contributed by atoms with Crippen LogP contribution in [-0.2, 0) is 10.2 Å². The van der Waals surface area contributed by atoms with Crippen molar-refractivity contribution >= 4 is 40.9 Å². The van der Waals surface area contributed by atoms with E-state index in [4.69, 9.17) is 17.3 Å². The minimum atomic E-state index is -0.745. The van der Waals surface area contributed by atoms with Gasteiger partial charge >= 0.3 is 0 Å². The zero-order valence-electron chi connectivity index (χ0n) is 16.8. The molecule has 0 atom stereocenters. The van der Waals surface area contributed by atoms with E-state index in [2.05, 4.69) is 19.2 Å². The van der Waals surface area contributed by atoms with E-state index in [-0.39, 0.29) is 28.3 Å². The third-order valence-corrected chi connectivity index (χ3v) is 6.55. The molecule has 0 aliphatic carbocycles. The third kappa shape index (κ3) is 5.73. The highest BCUT2D eigenvalue weighted by molar-refractivity contribution is 8.00. The number of nitrogens with two attached hydrogens (primary N) is 1. The molecule has 0 fully saturated rings. The van der Waals surface area contributed by atoms with Crippen molar-refractivity contribution in [1.29, 1.82) is 0 Å². The molecule has 0 aliphatic rings. The van der Waals surface area contributed by atoms with Crippen LogP contribution in [0, 0.1) is 10.1 Å². The van der Waals surface area contributed by atoms with Gasteiger partial charge in [0.15, 0.2) is 0 Å². The van der Waals surface area contributed by atoms with Crippen molar-refractivity contribution in [3.63, 3.8) is 0 Å². The Balaban J connectivity index is 2.06. The van der Waals surface area contributed by atoms with Gasteiger partial charge in [0.25, 0.3) is 5.69 Å². The van der Waals surface area contributed by atoms with Crippen LogP contribution in [0.3, 0.4) is 0 Å². The zero-order chi connectivity index (χ0) is 22.3. The molecule has 0 unspecified atom stereocenters. The van der Waals surface area contributed by atoms with E-state index in [9.17, 15) is 19.7 Å². The second kappa shape index (κ2) is 10.4. The molecule has 7 nitrogen and oxygen atoms in total. The van der Waals surface area contributed by atoms with Crippen molar-refractivity contribution in [3.8, 4) is 0 Å². The number of carbonyl (C=O) groups excluding carboxylic acids is 2. The largest absolute Gasteiger partial charge is 0.366 e. The van der Waals surface area contributed by atoms with Crippen LogP contribution in [0.5, 0.6) is 0 Å². The molecule has 0 heterocycles. The number of nitrogens with one attached hydrogen (secondary N) is 1. The van der Waals surface area contributed by atoms with Gasteiger partial charge in [-0.3, -0.25) is 19.7 Å². The maximum Gasteiger partial charge on any atom is 0.283 e. The topological polar surface area (TPSA) is 115 Å². The molecular formula is C21H24ClN3O4S. The first kappa shape index (κ1) is 23.7. The number of hydrogen-bond donors (Lipinski definition) is 2. The SMILES string of the molecule is CCC(CC)(CNC(=O)CSc1ccc(C(N)=O)cc1[N+](=O)[O-])c1ccc(Cl)cc1. The van der Waals surface area contributed by atoms with E-state index in [0.29, 0.717) is 16.5 Å². The van der Waals surface area contributed by atoms with E-state index in [1.165, 1.54) is 12.1 Å². The first-order valence-electron chi connectivity index (χ1n) is 9.46. The Labute approximate surface area is 184 Å². The molecule has 3 N–H and O–H groups in total. The summed E-state index contributed by atoms with van der Waals surface area (Å²) in [7, 11) is 0. The van der Waals surface area contributed by atoms with Gasteiger partial charge in [0.2, 0.25) is 11.8 Å². The number of nitrogens with zero attached hydrogens (tertiary/aromatic N) is 1. The fraction of sp³-hybridized carbons (Fsp3) is 0.333. The predicted molar refractivity (Wildman–Crippen MR) is 119 cm³/mol. The lowest BCUT2D eigenvalue weighted by Gasteiger charge is -2.32. The maximum atomic E-state index is 12.4. The van der Waals surface area contributed by atoms with Crippen molar-refractivity contribution in [2.45, 2.75) is 37.0 Å². The highest BCUT2D eigenvalue weighted by Gasteiger charge is 2.29. The van der Waals surface area contributed by atoms with Gasteiger partial charge in [0.1, 0.15) is 0 Å². The van der Waals surface area contributed by atoms with Gasteiger partial charge in [0, 0.05) is 28.6 Å². The molecule has 30 heavy (non-hydrogen) atoms. The Morgan fingerprint density at radius 2 is 1.80 bits per heavy atom. The van der Waals surface area contributed by atoms with Crippen molar-refractivity contribution in [1.82, 2.24) is 5.32 Å². The molecule has 0 aromatic heterocycles. The van der Waals surface area contributed by atoms with Crippen LogP contribution in [-0.4, -0.2) is 29.0 Å². The average molecular weight is 450 g/mol. The maximum absolute atomic E-state index is 12.4. The van der Waals surface area contributed by atoms with Crippen LogP contribution in [0.15, 0.2) is 47.4 Å². The first-order chi connectivity index (χ1) is 14.2. The number of amides is 2. The summed E-state index contributed by atoms with van der Waals surface area (Å²) in [6.45, 7) is 4.59. The van der Waals surface area contributed by atoms with Gasteiger partial charge in [-0.2, -0.15) is 0 Å². The van der Waals surface area contributed by atoms with Crippen LogP contribution in [0.1, 0.15) is 42.6 Å². The molecule has 0 spiro atoms. The number of halogens is 1. The van der Waals surface area contributed by atoms with Crippen molar-refractivity contribution in [3.05, 3.63) is 68.7 Å². The van der Waals surface area contributed by atoms with Crippen molar-refractivity contribution in [2.24, 2.45) is 5.73 Å². The molecule has 2 amide bonds. The van der Waals surface area contributed by atoms with Crippen molar-refractivity contribution < 1.29 is 14.5 Å². The Kier molecular flexibility index (Phi) is 8.25. The molecule has 2 aromatic rings. The van der Waals surface area contributed by atoms with Gasteiger partial charge in [-0.05, 0) is 42.7 Å². The monoisotopic (exact) mass is 449 g/mol. The summed E-state index contributed by atoms with van der Waals surface area (Å²) in [6.07, 6.45) is 1.66. The quantitative estimate of drug-likeness (QED) is 0.318. The van der Waals surface area contributed by atoms with Crippen LogP contribution < -0.4 is 11.1 Å². The average Bonchev–Trinajstić information content (AvgIpc) is 2.74. The smallest absolute Gasteiger partial charge is 0.283 e. The van der Waals surface area contributed by atoms with Crippen molar-refractivity contribution in [2.75, 3.05) is 12.3 Å². The van der Waals surface area contributed by atoms with E-state index in [1.807, 2.05) is 24.3 Å². The molecule has 9 heteroatoms. The Bertz CT molecular complexity index is 930. The Morgan fingerprint density at radius 3 is 2.33 bits per heavy atom. The molecule has 2 rings (SSSR count). The van der Waals surface area contributed by atoms with E-state index in [0.717, 1.165) is 36.2 Å². The van der Waals surface area contributed by atoms with Crippen LogP contribution >= 0.6 is 23.4 Å². The van der Waals surface area contributed by atoms with Gasteiger partial charge in [-0.15, -0.1) is 11.8 Å². The summed E-state index contributed by atoms with van der Waals surface area (Å²) in [4.78, 5) is 34.7. The number of nitro groups is 1. The fourth-order valence-electron chi connectivity index (χ4n) is 3.21. The van der Waals surface area contributed by atoms with Crippen LogP contribution in [0.4, 0.5) is 5.69 Å². The summed E-state index contributed by atoms with van der Waals surface area (Å²) < 4.78 is 0. The van der Waals surface area contributed by atoms with Gasteiger partial charge in [-0.1, -0.05) is 37.6 Å². The van der Waals surface area contributed by atoms with Gasteiger partial charge in [-0.25, -0.2) is 0 Å². The number of nitro benzene ring substituents is 1. The van der Waals surface area contributed by atoms with Crippen LogP contribution in [0.2, 0.25) is 5.02 Å². The van der Waals surface area contributed by atoms with Crippen LogP contribution in [0.25, 0.3) is 0 Å².